The third-order valence-electron chi connectivity index (χ3n) is 4.17. The Hall–Kier alpha value is -2.01. The lowest BCUT2D eigenvalue weighted by molar-refractivity contribution is -0.132. The Kier molecular flexibility index (Phi) is 4.86. The van der Waals surface area contributed by atoms with Crippen LogP contribution in [0.15, 0.2) is 34.9 Å². The van der Waals surface area contributed by atoms with Crippen molar-refractivity contribution < 1.29 is 14.1 Å². The minimum Gasteiger partial charge on any atom is -0.497 e. The van der Waals surface area contributed by atoms with Crippen LogP contribution in [0.5, 0.6) is 5.75 Å². The van der Waals surface area contributed by atoms with Crippen LogP contribution in [0.1, 0.15) is 36.6 Å². The Morgan fingerprint density at radius 2 is 2.35 bits per heavy atom. The second kappa shape index (κ2) is 7.04. The zero-order valence-electron chi connectivity index (χ0n) is 13.0. The van der Waals surface area contributed by atoms with Crippen LogP contribution in [0.25, 0.3) is 0 Å². The predicted molar refractivity (Wildman–Crippen MR) is 86.5 cm³/mol. The standard InChI is InChI=1S/C17H19ClN2O3/c1-22-13-5-2-4-12(10-13)15-6-3-9-20(15)17(21)8-7-14-11-16(18)19-23-14/h2,4-5,10-11,15H,3,6-9H2,1H3. The molecule has 0 N–H and O–H groups in total. The van der Waals surface area contributed by atoms with E-state index >= 15 is 0 Å². The predicted octanol–water partition coefficient (Wildman–Crippen LogP) is 3.63. The van der Waals surface area contributed by atoms with Gasteiger partial charge in [-0.1, -0.05) is 28.9 Å². The summed E-state index contributed by atoms with van der Waals surface area (Å²) in [7, 11) is 1.65. The summed E-state index contributed by atoms with van der Waals surface area (Å²) in [5.74, 6) is 1.58. The fraction of sp³-hybridized carbons (Fsp3) is 0.412. The molecule has 1 amide bonds. The van der Waals surface area contributed by atoms with Crippen molar-refractivity contribution >= 4 is 17.5 Å². The zero-order valence-corrected chi connectivity index (χ0v) is 13.8. The smallest absolute Gasteiger partial charge is 0.223 e. The van der Waals surface area contributed by atoms with E-state index in [1.807, 2.05) is 23.1 Å². The van der Waals surface area contributed by atoms with E-state index in [4.69, 9.17) is 20.9 Å². The molecule has 0 radical (unpaired) electrons. The Balaban J connectivity index is 1.66. The highest BCUT2D eigenvalue weighted by molar-refractivity contribution is 6.29. The number of carbonyl (C=O) groups excluding carboxylic acids is 1. The van der Waals surface area contributed by atoms with Gasteiger partial charge in [0.2, 0.25) is 5.91 Å². The number of carbonyl (C=O) groups is 1. The maximum absolute atomic E-state index is 12.6. The number of aromatic nitrogens is 1. The minimum atomic E-state index is 0.121. The third kappa shape index (κ3) is 3.67. The number of nitrogens with zero attached hydrogens (tertiary/aromatic N) is 2. The van der Waals surface area contributed by atoms with Crippen LogP contribution in [0.3, 0.4) is 0 Å². The first kappa shape index (κ1) is 15.9. The molecule has 1 aromatic heterocycles. The van der Waals surface area contributed by atoms with Gasteiger partial charge in [-0.05, 0) is 30.5 Å². The van der Waals surface area contributed by atoms with Crippen molar-refractivity contribution in [2.75, 3.05) is 13.7 Å². The van der Waals surface area contributed by atoms with Crippen molar-refractivity contribution in [3.63, 3.8) is 0 Å². The number of methoxy groups -OCH3 is 1. The summed E-state index contributed by atoms with van der Waals surface area (Å²) in [6.07, 6.45) is 2.90. The van der Waals surface area contributed by atoms with E-state index in [-0.39, 0.29) is 11.9 Å². The number of halogens is 1. The van der Waals surface area contributed by atoms with Gasteiger partial charge in [-0.15, -0.1) is 0 Å². The molecule has 2 heterocycles. The van der Waals surface area contributed by atoms with Gasteiger partial charge in [0.25, 0.3) is 0 Å². The average Bonchev–Trinajstić information content (AvgIpc) is 3.21. The molecule has 2 aromatic rings. The summed E-state index contributed by atoms with van der Waals surface area (Å²) in [6.45, 7) is 0.790. The van der Waals surface area contributed by atoms with Gasteiger partial charge in [0.15, 0.2) is 5.15 Å². The first-order chi connectivity index (χ1) is 11.2. The summed E-state index contributed by atoms with van der Waals surface area (Å²) in [5, 5.41) is 3.95. The fourth-order valence-corrected chi connectivity index (χ4v) is 3.20. The van der Waals surface area contributed by atoms with Crippen LogP contribution in [-0.2, 0) is 11.2 Å². The number of hydrogen-bond donors (Lipinski definition) is 0. The maximum Gasteiger partial charge on any atom is 0.223 e. The summed E-state index contributed by atoms with van der Waals surface area (Å²) in [6, 6.07) is 9.71. The van der Waals surface area contributed by atoms with Crippen LogP contribution < -0.4 is 4.74 Å². The molecule has 0 bridgehead atoms. The van der Waals surface area contributed by atoms with Gasteiger partial charge >= 0.3 is 0 Å². The highest BCUT2D eigenvalue weighted by Crippen LogP contribution is 2.34. The lowest BCUT2D eigenvalue weighted by Crippen LogP contribution is -2.30. The first-order valence-electron chi connectivity index (χ1n) is 7.72. The molecule has 6 heteroatoms. The van der Waals surface area contributed by atoms with E-state index in [2.05, 4.69) is 11.2 Å². The van der Waals surface area contributed by atoms with E-state index < -0.39 is 0 Å². The summed E-state index contributed by atoms with van der Waals surface area (Å²) in [4.78, 5) is 14.5. The summed E-state index contributed by atoms with van der Waals surface area (Å²) >= 11 is 5.72. The molecule has 23 heavy (non-hydrogen) atoms. The minimum absolute atomic E-state index is 0.121. The molecule has 3 rings (SSSR count). The molecule has 1 fully saturated rings. The second-order valence-electron chi connectivity index (χ2n) is 5.64. The molecule has 122 valence electrons. The molecule has 5 nitrogen and oxygen atoms in total. The van der Waals surface area contributed by atoms with E-state index in [1.165, 1.54) is 0 Å². The average molecular weight is 335 g/mol. The summed E-state index contributed by atoms with van der Waals surface area (Å²) in [5.41, 5.74) is 1.12. The lowest BCUT2D eigenvalue weighted by Gasteiger charge is -2.25. The van der Waals surface area contributed by atoms with E-state index in [1.54, 1.807) is 13.2 Å². The van der Waals surface area contributed by atoms with E-state index in [0.717, 1.165) is 30.7 Å². The van der Waals surface area contributed by atoms with E-state index in [0.29, 0.717) is 23.8 Å². The topological polar surface area (TPSA) is 55.6 Å². The highest BCUT2D eigenvalue weighted by atomic mass is 35.5. The molecule has 1 saturated heterocycles. The van der Waals surface area contributed by atoms with Crippen LogP contribution in [0, 0.1) is 0 Å². The third-order valence-corrected chi connectivity index (χ3v) is 4.35. The van der Waals surface area contributed by atoms with Gasteiger partial charge in [0.1, 0.15) is 11.5 Å². The number of amides is 1. The number of likely N-dealkylation sites (tertiary alicyclic amines) is 1. The van der Waals surface area contributed by atoms with Gasteiger partial charge in [-0.25, -0.2) is 0 Å². The van der Waals surface area contributed by atoms with Crippen LogP contribution in [0.4, 0.5) is 0 Å². The molecule has 1 aliphatic rings. The van der Waals surface area contributed by atoms with Crippen molar-refractivity contribution in [1.82, 2.24) is 10.1 Å². The van der Waals surface area contributed by atoms with Crippen LogP contribution in [0.2, 0.25) is 5.15 Å². The van der Waals surface area contributed by atoms with Crippen molar-refractivity contribution in [2.45, 2.75) is 31.7 Å². The van der Waals surface area contributed by atoms with Gasteiger partial charge in [-0.3, -0.25) is 4.79 Å². The highest BCUT2D eigenvalue weighted by Gasteiger charge is 2.29. The molecule has 1 aliphatic heterocycles. The number of rotatable bonds is 5. The number of benzene rings is 1. The van der Waals surface area contributed by atoms with Gasteiger partial charge in [-0.2, -0.15) is 0 Å². The molecule has 1 unspecified atom stereocenters. The molecular weight excluding hydrogens is 316 g/mol. The summed E-state index contributed by atoms with van der Waals surface area (Å²) < 4.78 is 10.3. The van der Waals surface area contributed by atoms with Crippen molar-refractivity contribution in [3.05, 3.63) is 46.8 Å². The number of hydrogen-bond acceptors (Lipinski definition) is 4. The number of aryl methyl sites for hydroxylation is 1. The van der Waals surface area contributed by atoms with Crippen LogP contribution >= 0.6 is 11.6 Å². The van der Waals surface area contributed by atoms with Gasteiger partial charge in [0.05, 0.1) is 13.2 Å². The normalized spacial score (nSPS) is 17.5. The second-order valence-corrected chi connectivity index (χ2v) is 6.02. The molecule has 1 atom stereocenters. The molecule has 0 spiro atoms. The van der Waals surface area contributed by atoms with E-state index in [9.17, 15) is 4.79 Å². The molecule has 1 aromatic carbocycles. The first-order valence-corrected chi connectivity index (χ1v) is 8.09. The molecule has 0 saturated carbocycles. The quantitative estimate of drug-likeness (QED) is 0.837. The number of ether oxygens (including phenoxy) is 1. The fourth-order valence-electron chi connectivity index (χ4n) is 3.04. The lowest BCUT2D eigenvalue weighted by atomic mass is 10.0. The van der Waals surface area contributed by atoms with Crippen molar-refractivity contribution in [2.24, 2.45) is 0 Å². The van der Waals surface area contributed by atoms with Gasteiger partial charge < -0.3 is 14.2 Å². The largest absolute Gasteiger partial charge is 0.497 e. The SMILES string of the molecule is COc1cccc(C2CCCN2C(=O)CCc2cc(Cl)no2)c1. The van der Waals surface area contributed by atoms with Crippen molar-refractivity contribution in [3.8, 4) is 5.75 Å². The maximum atomic E-state index is 12.6. The Morgan fingerprint density at radius 3 is 3.09 bits per heavy atom. The van der Waals surface area contributed by atoms with Crippen molar-refractivity contribution in [1.29, 1.82) is 0 Å². The Labute approximate surface area is 140 Å². The monoisotopic (exact) mass is 334 g/mol. The zero-order chi connectivity index (χ0) is 16.2. The van der Waals surface area contributed by atoms with Crippen LogP contribution in [-0.4, -0.2) is 29.6 Å². The molecule has 0 aliphatic carbocycles. The Bertz CT molecular complexity index is 686. The molecular formula is C17H19ClN2O3. The Morgan fingerprint density at radius 1 is 1.48 bits per heavy atom. The van der Waals surface area contributed by atoms with Gasteiger partial charge in [0, 0.05) is 25.5 Å².